The van der Waals surface area contributed by atoms with Gasteiger partial charge in [0.15, 0.2) is 5.56 Å². The number of ether oxygens (including phenoxy) is 2. The van der Waals surface area contributed by atoms with E-state index in [1.54, 1.807) is 14.0 Å². The molecule has 1 aliphatic carbocycles. The van der Waals surface area contributed by atoms with Crippen molar-refractivity contribution in [2.24, 2.45) is 0 Å². The van der Waals surface area contributed by atoms with Crippen molar-refractivity contribution in [1.29, 1.82) is 0 Å². The third kappa shape index (κ3) is 2.57. The van der Waals surface area contributed by atoms with E-state index in [4.69, 9.17) is 21.1 Å². The van der Waals surface area contributed by atoms with Gasteiger partial charge in [0.1, 0.15) is 5.75 Å². The first-order valence-corrected chi connectivity index (χ1v) is 7.82. The van der Waals surface area contributed by atoms with Gasteiger partial charge in [-0.25, -0.2) is 4.79 Å². The highest BCUT2D eigenvalue weighted by atomic mass is 35.5. The van der Waals surface area contributed by atoms with E-state index < -0.39 is 5.56 Å². The Kier molecular flexibility index (Phi) is 3.98. The van der Waals surface area contributed by atoms with Crippen LogP contribution in [0.1, 0.15) is 36.8 Å². The Morgan fingerprint density at radius 2 is 2.24 bits per heavy atom. The molecule has 0 aromatic heterocycles. The fourth-order valence-corrected chi connectivity index (χ4v) is 3.77. The van der Waals surface area contributed by atoms with Crippen LogP contribution < -0.4 is 4.74 Å². The van der Waals surface area contributed by atoms with Crippen LogP contribution in [0, 0.1) is 0 Å². The maximum Gasteiger partial charge on any atom is 0.411 e. The van der Waals surface area contributed by atoms with Gasteiger partial charge in [-0.05, 0) is 37.8 Å². The van der Waals surface area contributed by atoms with Crippen molar-refractivity contribution < 1.29 is 14.3 Å². The molecule has 3 atom stereocenters. The van der Waals surface area contributed by atoms with E-state index in [9.17, 15) is 4.79 Å². The number of aryl methyl sites for hydroxylation is 1. The number of hydrogen-bond donors (Lipinski definition) is 0. The van der Waals surface area contributed by atoms with Crippen LogP contribution in [-0.2, 0) is 11.2 Å². The summed E-state index contributed by atoms with van der Waals surface area (Å²) in [5.74, 6) is 1.27. The minimum atomic E-state index is -0.595. The number of fused-ring (bicyclic) bond motifs is 3. The molecule has 5 heteroatoms. The average molecular weight is 310 g/mol. The summed E-state index contributed by atoms with van der Waals surface area (Å²) in [4.78, 5) is 14.0. The molecule has 0 radical (unpaired) electrons. The second kappa shape index (κ2) is 5.76. The minimum Gasteiger partial charge on any atom is -0.496 e. The third-order valence-corrected chi connectivity index (χ3v) is 4.59. The summed E-state index contributed by atoms with van der Waals surface area (Å²) in [6.07, 6.45) is 2.58. The van der Waals surface area contributed by atoms with Crippen LogP contribution in [0.5, 0.6) is 5.75 Å². The quantitative estimate of drug-likeness (QED) is 0.785. The molecular formula is C16H20ClNO3. The van der Waals surface area contributed by atoms with Crippen LogP contribution in [-0.4, -0.2) is 36.3 Å². The second-order valence-corrected chi connectivity index (χ2v) is 6.27. The lowest BCUT2D eigenvalue weighted by Gasteiger charge is -2.33. The average Bonchev–Trinajstić information content (AvgIpc) is 2.89. The summed E-state index contributed by atoms with van der Waals surface area (Å²) in [5, 5.41) is 0. The maximum absolute atomic E-state index is 12.2. The van der Waals surface area contributed by atoms with Gasteiger partial charge in [-0.3, -0.25) is 0 Å². The zero-order valence-corrected chi connectivity index (χ0v) is 13.1. The van der Waals surface area contributed by atoms with Gasteiger partial charge >= 0.3 is 6.09 Å². The Morgan fingerprint density at radius 3 is 2.95 bits per heavy atom. The van der Waals surface area contributed by atoms with E-state index in [0.717, 1.165) is 31.6 Å². The third-order valence-electron chi connectivity index (χ3n) is 4.50. The van der Waals surface area contributed by atoms with E-state index in [1.807, 2.05) is 17.0 Å². The Bertz CT molecular complexity index is 532. The molecule has 0 bridgehead atoms. The molecule has 3 rings (SSSR count). The first-order valence-electron chi connectivity index (χ1n) is 7.39. The molecule has 0 N–H and O–H groups in total. The fraction of sp³-hybridized carbons (Fsp3) is 0.562. The molecule has 1 unspecified atom stereocenters. The predicted molar refractivity (Wildman–Crippen MR) is 81.0 cm³/mol. The number of likely N-dealkylation sites (tertiary alicyclic amines) is 1. The Balaban J connectivity index is 1.87. The molecule has 1 aromatic rings. The van der Waals surface area contributed by atoms with Gasteiger partial charge in [0.2, 0.25) is 0 Å². The van der Waals surface area contributed by atoms with E-state index in [0.29, 0.717) is 5.92 Å². The predicted octanol–water partition coefficient (Wildman–Crippen LogP) is 3.52. The molecule has 1 amide bonds. The minimum absolute atomic E-state index is 0.191. The molecule has 1 heterocycles. The number of rotatable bonds is 2. The first kappa shape index (κ1) is 14.5. The summed E-state index contributed by atoms with van der Waals surface area (Å²) in [7, 11) is 1.70. The normalized spacial score (nSPS) is 25.0. The van der Waals surface area contributed by atoms with Gasteiger partial charge in [-0.1, -0.05) is 23.7 Å². The first-order chi connectivity index (χ1) is 10.1. The molecule has 0 saturated carbocycles. The van der Waals surface area contributed by atoms with Crippen LogP contribution in [0.2, 0.25) is 0 Å². The topological polar surface area (TPSA) is 38.8 Å². The van der Waals surface area contributed by atoms with Crippen LogP contribution in [0.3, 0.4) is 0 Å². The van der Waals surface area contributed by atoms with Crippen molar-refractivity contribution in [2.45, 2.75) is 43.7 Å². The van der Waals surface area contributed by atoms with Crippen molar-refractivity contribution in [3.63, 3.8) is 0 Å². The van der Waals surface area contributed by atoms with Crippen molar-refractivity contribution in [3.05, 3.63) is 29.3 Å². The molecule has 1 aliphatic heterocycles. The highest BCUT2D eigenvalue weighted by Crippen LogP contribution is 2.45. The number of amides is 1. The van der Waals surface area contributed by atoms with Crippen molar-refractivity contribution >= 4 is 17.7 Å². The summed E-state index contributed by atoms with van der Waals surface area (Å²) in [5.41, 5.74) is 2.02. The molecule has 1 saturated heterocycles. The molecule has 4 nitrogen and oxygen atoms in total. The van der Waals surface area contributed by atoms with E-state index in [2.05, 4.69) is 6.07 Å². The number of hydrogen-bond acceptors (Lipinski definition) is 3. The van der Waals surface area contributed by atoms with E-state index in [-0.39, 0.29) is 12.1 Å². The van der Waals surface area contributed by atoms with E-state index in [1.165, 1.54) is 11.1 Å². The summed E-state index contributed by atoms with van der Waals surface area (Å²) >= 11 is 5.77. The van der Waals surface area contributed by atoms with Gasteiger partial charge in [0.25, 0.3) is 0 Å². The second-order valence-electron chi connectivity index (χ2n) is 5.65. The molecule has 21 heavy (non-hydrogen) atoms. The molecule has 1 fully saturated rings. The van der Waals surface area contributed by atoms with Gasteiger partial charge in [-0.15, -0.1) is 0 Å². The lowest BCUT2D eigenvalue weighted by Crippen LogP contribution is -2.40. The van der Waals surface area contributed by atoms with Crippen LogP contribution in [0.4, 0.5) is 4.79 Å². The van der Waals surface area contributed by atoms with Crippen molar-refractivity contribution in [1.82, 2.24) is 4.90 Å². The van der Waals surface area contributed by atoms with Crippen LogP contribution in [0.25, 0.3) is 0 Å². The SMILES string of the molecule is COc1cccc2c1[C@H]1CCN(C(=O)OC(C)Cl)[C@H]1CC2. The lowest BCUT2D eigenvalue weighted by molar-refractivity contribution is 0.0882. The monoisotopic (exact) mass is 309 g/mol. The zero-order chi connectivity index (χ0) is 15.0. The van der Waals surface area contributed by atoms with Gasteiger partial charge in [-0.2, -0.15) is 0 Å². The Morgan fingerprint density at radius 1 is 1.43 bits per heavy atom. The number of halogens is 1. The Hall–Kier alpha value is -1.42. The maximum atomic E-state index is 12.2. The highest BCUT2D eigenvalue weighted by Gasteiger charge is 2.43. The highest BCUT2D eigenvalue weighted by molar-refractivity contribution is 6.19. The molecule has 2 aliphatic rings. The number of carbonyl (C=O) groups is 1. The number of alkyl halides is 1. The Labute approximate surface area is 130 Å². The number of carbonyl (C=O) groups excluding carboxylic acids is 1. The summed E-state index contributed by atoms with van der Waals surface area (Å²) in [6, 6.07) is 6.39. The van der Waals surface area contributed by atoms with Gasteiger partial charge in [0, 0.05) is 24.1 Å². The smallest absolute Gasteiger partial charge is 0.411 e. The number of nitrogens with zero attached hydrogens (tertiary/aromatic N) is 1. The summed E-state index contributed by atoms with van der Waals surface area (Å²) in [6.45, 7) is 2.38. The summed E-state index contributed by atoms with van der Waals surface area (Å²) < 4.78 is 10.7. The fourth-order valence-electron chi connectivity index (χ4n) is 3.69. The molecule has 114 valence electrons. The standard InChI is InChI=1S/C16H20ClNO3/c1-10(17)21-16(19)18-9-8-12-13(18)7-6-11-4-3-5-14(20-2)15(11)12/h3-5,10,12-13H,6-9H2,1-2H3/t10?,12-,13-/m0/s1. The van der Waals surface area contributed by atoms with Crippen LogP contribution >= 0.6 is 11.6 Å². The number of methoxy groups -OCH3 is 1. The molecular weight excluding hydrogens is 290 g/mol. The lowest BCUT2D eigenvalue weighted by atomic mass is 9.79. The number of benzene rings is 1. The molecule has 1 aromatic carbocycles. The van der Waals surface area contributed by atoms with Gasteiger partial charge in [0.05, 0.1) is 7.11 Å². The van der Waals surface area contributed by atoms with Crippen molar-refractivity contribution in [3.8, 4) is 5.75 Å². The molecule has 0 spiro atoms. The van der Waals surface area contributed by atoms with E-state index >= 15 is 0 Å². The van der Waals surface area contributed by atoms with Crippen molar-refractivity contribution in [2.75, 3.05) is 13.7 Å². The van der Waals surface area contributed by atoms with Crippen LogP contribution in [0.15, 0.2) is 18.2 Å². The largest absolute Gasteiger partial charge is 0.496 e. The zero-order valence-electron chi connectivity index (χ0n) is 12.3. The van der Waals surface area contributed by atoms with Gasteiger partial charge < -0.3 is 14.4 Å².